The van der Waals surface area contributed by atoms with E-state index in [0.29, 0.717) is 13.0 Å². The molecule has 2 N–H and O–H groups in total. The van der Waals surface area contributed by atoms with Gasteiger partial charge in [-0.25, -0.2) is 0 Å². The molecule has 4 heteroatoms. The smallest absolute Gasteiger partial charge is 0.226 e. The standard InChI is InChI=1S/C14H22N2O2/c1-11(2)18-13-8-6-12(7-9-13)16(3)14(17)5-4-10-15/h6-9,11H,4-5,10,15H2,1-3H3. The van der Waals surface area contributed by atoms with Crippen LogP contribution < -0.4 is 15.4 Å². The Balaban J connectivity index is 2.63. The van der Waals surface area contributed by atoms with E-state index in [4.69, 9.17) is 10.5 Å². The van der Waals surface area contributed by atoms with Crippen LogP contribution in [0.15, 0.2) is 24.3 Å². The number of nitrogens with zero attached hydrogens (tertiary/aromatic N) is 1. The summed E-state index contributed by atoms with van der Waals surface area (Å²) in [6.07, 6.45) is 1.36. The highest BCUT2D eigenvalue weighted by atomic mass is 16.5. The van der Waals surface area contributed by atoms with E-state index < -0.39 is 0 Å². The fourth-order valence-corrected chi connectivity index (χ4v) is 1.59. The molecule has 1 aromatic rings. The van der Waals surface area contributed by atoms with Crippen LogP contribution in [0.4, 0.5) is 5.69 Å². The zero-order chi connectivity index (χ0) is 13.5. The average Bonchev–Trinajstić information content (AvgIpc) is 2.35. The number of hydrogen-bond donors (Lipinski definition) is 1. The number of nitrogens with two attached hydrogens (primary N) is 1. The van der Waals surface area contributed by atoms with Crippen LogP contribution in [-0.4, -0.2) is 25.6 Å². The minimum absolute atomic E-state index is 0.0815. The van der Waals surface area contributed by atoms with Crippen LogP contribution in [0, 0.1) is 0 Å². The lowest BCUT2D eigenvalue weighted by atomic mass is 10.2. The van der Waals surface area contributed by atoms with Gasteiger partial charge in [-0.15, -0.1) is 0 Å². The molecular weight excluding hydrogens is 228 g/mol. The van der Waals surface area contributed by atoms with Crippen LogP contribution in [0.25, 0.3) is 0 Å². The van der Waals surface area contributed by atoms with E-state index in [2.05, 4.69) is 0 Å². The second kappa shape index (κ2) is 7.01. The third kappa shape index (κ3) is 4.37. The molecule has 0 atom stereocenters. The van der Waals surface area contributed by atoms with Crippen molar-refractivity contribution in [1.29, 1.82) is 0 Å². The van der Waals surface area contributed by atoms with Crippen LogP contribution in [0.1, 0.15) is 26.7 Å². The Kier molecular flexibility index (Phi) is 5.65. The predicted octanol–water partition coefficient (Wildman–Crippen LogP) is 2.18. The number of anilines is 1. The first-order valence-corrected chi connectivity index (χ1v) is 6.28. The molecule has 18 heavy (non-hydrogen) atoms. The molecule has 0 bridgehead atoms. The summed E-state index contributed by atoms with van der Waals surface area (Å²) in [5.74, 6) is 0.898. The van der Waals surface area contributed by atoms with E-state index in [-0.39, 0.29) is 12.0 Å². The molecule has 0 aliphatic carbocycles. The first-order valence-electron chi connectivity index (χ1n) is 6.28. The van der Waals surface area contributed by atoms with Gasteiger partial charge >= 0.3 is 0 Å². The SMILES string of the molecule is CC(C)Oc1ccc(N(C)C(=O)CCCN)cc1. The van der Waals surface area contributed by atoms with Gasteiger partial charge in [0, 0.05) is 19.2 Å². The van der Waals surface area contributed by atoms with Crippen LogP contribution in [0.2, 0.25) is 0 Å². The molecule has 0 unspecified atom stereocenters. The van der Waals surface area contributed by atoms with Crippen molar-refractivity contribution >= 4 is 11.6 Å². The molecule has 0 heterocycles. The first-order chi connectivity index (χ1) is 8.54. The van der Waals surface area contributed by atoms with Crippen molar-refractivity contribution < 1.29 is 9.53 Å². The third-order valence-electron chi connectivity index (χ3n) is 2.56. The van der Waals surface area contributed by atoms with Gasteiger partial charge in [0.1, 0.15) is 5.75 Å². The molecular formula is C14H22N2O2. The molecule has 100 valence electrons. The van der Waals surface area contributed by atoms with Gasteiger partial charge in [0.05, 0.1) is 6.10 Å². The quantitative estimate of drug-likeness (QED) is 0.842. The lowest BCUT2D eigenvalue weighted by Crippen LogP contribution is -2.26. The topological polar surface area (TPSA) is 55.6 Å². The molecule has 1 rings (SSSR count). The Morgan fingerprint density at radius 2 is 1.94 bits per heavy atom. The van der Waals surface area contributed by atoms with Crippen molar-refractivity contribution in [2.24, 2.45) is 5.73 Å². The van der Waals surface area contributed by atoms with Gasteiger partial charge in [0.15, 0.2) is 0 Å². The Morgan fingerprint density at radius 1 is 1.33 bits per heavy atom. The number of carbonyl (C=O) groups excluding carboxylic acids is 1. The summed E-state index contributed by atoms with van der Waals surface area (Å²) < 4.78 is 5.55. The number of ether oxygens (including phenoxy) is 1. The summed E-state index contributed by atoms with van der Waals surface area (Å²) in [4.78, 5) is 13.5. The van der Waals surface area contributed by atoms with Crippen LogP contribution >= 0.6 is 0 Å². The maximum absolute atomic E-state index is 11.8. The summed E-state index contributed by atoms with van der Waals surface area (Å²) in [7, 11) is 1.77. The second-order valence-electron chi connectivity index (χ2n) is 4.51. The Hall–Kier alpha value is -1.55. The minimum Gasteiger partial charge on any atom is -0.491 e. The zero-order valence-corrected chi connectivity index (χ0v) is 11.3. The maximum atomic E-state index is 11.8. The van der Waals surface area contributed by atoms with E-state index in [0.717, 1.165) is 17.9 Å². The highest BCUT2D eigenvalue weighted by Gasteiger charge is 2.10. The number of carbonyl (C=O) groups is 1. The van der Waals surface area contributed by atoms with Crippen molar-refractivity contribution in [1.82, 2.24) is 0 Å². The molecule has 0 fully saturated rings. The van der Waals surface area contributed by atoms with Crippen LogP contribution in [0.3, 0.4) is 0 Å². The van der Waals surface area contributed by atoms with E-state index >= 15 is 0 Å². The van der Waals surface area contributed by atoms with Crippen LogP contribution in [-0.2, 0) is 4.79 Å². The monoisotopic (exact) mass is 250 g/mol. The summed E-state index contributed by atoms with van der Waals surface area (Å²) >= 11 is 0. The van der Waals surface area contributed by atoms with Gasteiger partial charge in [-0.1, -0.05) is 0 Å². The van der Waals surface area contributed by atoms with E-state index in [1.807, 2.05) is 38.1 Å². The van der Waals surface area contributed by atoms with Crippen molar-refractivity contribution in [2.75, 3.05) is 18.5 Å². The van der Waals surface area contributed by atoms with Gasteiger partial charge < -0.3 is 15.4 Å². The molecule has 0 aliphatic heterocycles. The molecule has 0 saturated carbocycles. The molecule has 1 aromatic carbocycles. The number of amides is 1. The summed E-state index contributed by atoms with van der Waals surface area (Å²) in [5, 5.41) is 0. The van der Waals surface area contributed by atoms with Crippen molar-refractivity contribution in [3.05, 3.63) is 24.3 Å². The number of rotatable bonds is 6. The van der Waals surface area contributed by atoms with Gasteiger partial charge in [-0.3, -0.25) is 4.79 Å². The summed E-state index contributed by atoms with van der Waals surface area (Å²) in [5.41, 5.74) is 6.26. The molecule has 4 nitrogen and oxygen atoms in total. The zero-order valence-electron chi connectivity index (χ0n) is 11.3. The fourth-order valence-electron chi connectivity index (χ4n) is 1.59. The Labute approximate surface area is 109 Å². The van der Waals surface area contributed by atoms with Crippen molar-refractivity contribution in [3.63, 3.8) is 0 Å². The van der Waals surface area contributed by atoms with E-state index in [1.54, 1.807) is 11.9 Å². The molecule has 0 aliphatic rings. The number of hydrogen-bond acceptors (Lipinski definition) is 3. The number of benzene rings is 1. The Bertz CT molecular complexity index is 374. The lowest BCUT2D eigenvalue weighted by molar-refractivity contribution is -0.118. The predicted molar refractivity (Wildman–Crippen MR) is 73.9 cm³/mol. The van der Waals surface area contributed by atoms with Gasteiger partial charge in [0.25, 0.3) is 0 Å². The maximum Gasteiger partial charge on any atom is 0.226 e. The largest absolute Gasteiger partial charge is 0.491 e. The van der Waals surface area contributed by atoms with Gasteiger partial charge in [-0.05, 0) is 51.1 Å². The summed E-state index contributed by atoms with van der Waals surface area (Å²) in [6.45, 7) is 4.51. The first kappa shape index (κ1) is 14.5. The van der Waals surface area contributed by atoms with Crippen LogP contribution in [0.5, 0.6) is 5.75 Å². The lowest BCUT2D eigenvalue weighted by Gasteiger charge is -2.18. The highest BCUT2D eigenvalue weighted by Crippen LogP contribution is 2.20. The average molecular weight is 250 g/mol. The normalized spacial score (nSPS) is 10.5. The highest BCUT2D eigenvalue weighted by molar-refractivity contribution is 5.92. The summed E-state index contributed by atoms with van der Waals surface area (Å²) in [6, 6.07) is 7.53. The molecule has 0 radical (unpaired) electrons. The molecule has 0 saturated heterocycles. The second-order valence-corrected chi connectivity index (χ2v) is 4.51. The molecule has 0 aromatic heterocycles. The minimum atomic E-state index is 0.0815. The third-order valence-corrected chi connectivity index (χ3v) is 2.56. The van der Waals surface area contributed by atoms with Crippen molar-refractivity contribution in [2.45, 2.75) is 32.8 Å². The van der Waals surface area contributed by atoms with Gasteiger partial charge in [-0.2, -0.15) is 0 Å². The van der Waals surface area contributed by atoms with Crippen molar-refractivity contribution in [3.8, 4) is 5.75 Å². The molecule has 0 spiro atoms. The van der Waals surface area contributed by atoms with E-state index in [1.165, 1.54) is 0 Å². The van der Waals surface area contributed by atoms with Gasteiger partial charge in [0.2, 0.25) is 5.91 Å². The van der Waals surface area contributed by atoms with E-state index in [9.17, 15) is 4.79 Å². The fraction of sp³-hybridized carbons (Fsp3) is 0.500. The molecule has 1 amide bonds. The Morgan fingerprint density at radius 3 is 2.44 bits per heavy atom.